The number of halogens is 3. The molecule has 2 heterocycles. The van der Waals surface area contributed by atoms with Crippen molar-refractivity contribution < 1.29 is 27.8 Å². The van der Waals surface area contributed by atoms with Gasteiger partial charge in [-0.2, -0.15) is 0 Å². The fourth-order valence-corrected chi connectivity index (χ4v) is 4.29. The summed E-state index contributed by atoms with van der Waals surface area (Å²) in [6.07, 6.45) is -2.07. The largest absolute Gasteiger partial charge is 0.573 e. The number of amides is 1. The molecular formula is C26H26F3N3O4. The van der Waals surface area contributed by atoms with Crippen molar-refractivity contribution in [1.82, 2.24) is 14.5 Å². The van der Waals surface area contributed by atoms with Gasteiger partial charge in [-0.1, -0.05) is 42.5 Å². The maximum atomic E-state index is 12.7. The zero-order valence-corrected chi connectivity index (χ0v) is 19.4. The molecule has 1 aromatic heterocycles. The molecule has 0 aliphatic carbocycles. The first-order chi connectivity index (χ1) is 17.1. The van der Waals surface area contributed by atoms with Gasteiger partial charge >= 0.3 is 6.36 Å². The van der Waals surface area contributed by atoms with Gasteiger partial charge < -0.3 is 14.7 Å². The minimum atomic E-state index is -4.88. The van der Waals surface area contributed by atoms with Gasteiger partial charge in [-0.25, -0.2) is 4.98 Å². The molecule has 0 unspecified atom stereocenters. The van der Waals surface area contributed by atoms with Crippen molar-refractivity contribution in [2.24, 2.45) is 0 Å². The average Bonchev–Trinajstić information content (AvgIpc) is 2.84. The molecule has 4 rings (SSSR count). The number of piperidine rings is 1. The van der Waals surface area contributed by atoms with Gasteiger partial charge in [0, 0.05) is 31.1 Å². The summed E-state index contributed by atoms with van der Waals surface area (Å²) in [7, 11) is 0. The fraction of sp³-hybridized carbons (Fsp3) is 0.346. The SMILES string of the molecule is O=C(CCc1ccccc1)N1CCC(O)(Cn2cnc(-c3ccccc3OC(F)(F)F)cc2=O)CC1. The summed E-state index contributed by atoms with van der Waals surface area (Å²) in [6, 6.07) is 16.3. The lowest BCUT2D eigenvalue weighted by atomic mass is 9.91. The predicted molar refractivity (Wildman–Crippen MR) is 126 cm³/mol. The molecule has 0 bridgehead atoms. The van der Waals surface area contributed by atoms with Gasteiger partial charge in [-0.15, -0.1) is 13.2 Å². The highest BCUT2D eigenvalue weighted by atomic mass is 19.4. The van der Waals surface area contributed by atoms with Crippen molar-refractivity contribution in [1.29, 1.82) is 0 Å². The number of nitrogens with zero attached hydrogens (tertiary/aromatic N) is 3. The van der Waals surface area contributed by atoms with Crippen molar-refractivity contribution in [3.63, 3.8) is 0 Å². The lowest BCUT2D eigenvalue weighted by Crippen LogP contribution is -2.49. The van der Waals surface area contributed by atoms with Crippen LogP contribution < -0.4 is 10.3 Å². The Labute approximate surface area is 205 Å². The molecule has 36 heavy (non-hydrogen) atoms. The van der Waals surface area contributed by atoms with E-state index in [1.54, 1.807) is 4.90 Å². The number of carbonyl (C=O) groups is 1. The van der Waals surface area contributed by atoms with Crippen LogP contribution in [0.5, 0.6) is 5.75 Å². The summed E-state index contributed by atoms with van der Waals surface area (Å²) in [5.74, 6) is -0.443. The molecule has 190 valence electrons. The molecule has 7 nitrogen and oxygen atoms in total. The molecule has 1 amide bonds. The molecule has 0 spiro atoms. The second-order valence-electron chi connectivity index (χ2n) is 8.87. The van der Waals surface area contributed by atoms with E-state index in [2.05, 4.69) is 9.72 Å². The smallest absolute Gasteiger partial charge is 0.405 e. The highest BCUT2D eigenvalue weighted by molar-refractivity contribution is 5.76. The van der Waals surface area contributed by atoms with E-state index in [9.17, 15) is 27.9 Å². The highest BCUT2D eigenvalue weighted by Crippen LogP contribution is 2.32. The van der Waals surface area contributed by atoms with E-state index in [-0.39, 0.29) is 23.7 Å². The van der Waals surface area contributed by atoms with Crippen LogP contribution in [0.2, 0.25) is 0 Å². The van der Waals surface area contributed by atoms with Crippen molar-refractivity contribution in [2.75, 3.05) is 13.1 Å². The highest BCUT2D eigenvalue weighted by Gasteiger charge is 2.35. The number of hydrogen-bond acceptors (Lipinski definition) is 5. The standard InChI is InChI=1S/C26H26F3N3O4/c27-26(28,29)36-22-9-5-4-8-20(22)21-16-24(34)32(18-30-21)17-25(35)12-14-31(15-13-25)23(33)11-10-19-6-2-1-3-7-19/h1-9,16,18,35H,10-15,17H2. The van der Waals surface area contributed by atoms with E-state index in [1.807, 2.05) is 30.3 Å². The number of hydrogen-bond donors (Lipinski definition) is 1. The number of benzene rings is 2. The predicted octanol–water partition coefficient (Wildman–Crippen LogP) is 3.80. The van der Waals surface area contributed by atoms with Gasteiger partial charge in [0.1, 0.15) is 5.75 Å². The molecular weight excluding hydrogens is 475 g/mol. The van der Waals surface area contributed by atoms with Crippen molar-refractivity contribution in [3.8, 4) is 17.0 Å². The average molecular weight is 502 g/mol. The second kappa shape index (κ2) is 10.5. The summed E-state index contributed by atoms with van der Waals surface area (Å²) in [5, 5.41) is 11.0. The van der Waals surface area contributed by atoms with Crippen molar-refractivity contribution in [3.05, 3.63) is 82.9 Å². The van der Waals surface area contributed by atoms with Crippen LogP contribution >= 0.6 is 0 Å². The summed E-state index contributed by atoms with van der Waals surface area (Å²) >= 11 is 0. The molecule has 0 atom stereocenters. The number of carbonyl (C=O) groups excluding carboxylic acids is 1. The van der Waals surface area contributed by atoms with Crippen LogP contribution in [0.4, 0.5) is 13.2 Å². The summed E-state index contributed by atoms with van der Waals surface area (Å²) in [4.78, 5) is 31.1. The third kappa shape index (κ3) is 6.51. The summed E-state index contributed by atoms with van der Waals surface area (Å²) < 4.78 is 43.4. The number of aliphatic hydroxyl groups is 1. The molecule has 1 fully saturated rings. The monoisotopic (exact) mass is 501 g/mol. The van der Waals surface area contributed by atoms with Crippen LogP contribution in [-0.4, -0.2) is 50.5 Å². The minimum Gasteiger partial charge on any atom is -0.405 e. The number of aromatic nitrogens is 2. The van der Waals surface area contributed by atoms with Crippen LogP contribution in [0, 0.1) is 0 Å². The Morgan fingerprint density at radius 2 is 1.72 bits per heavy atom. The first kappa shape index (κ1) is 25.4. The van der Waals surface area contributed by atoms with Crippen molar-refractivity contribution in [2.45, 2.75) is 44.2 Å². The van der Waals surface area contributed by atoms with Gasteiger partial charge in [-0.3, -0.25) is 14.2 Å². The Kier molecular flexibility index (Phi) is 7.44. The molecule has 3 aromatic rings. The number of likely N-dealkylation sites (tertiary alicyclic amines) is 1. The first-order valence-corrected chi connectivity index (χ1v) is 11.6. The number of alkyl halides is 3. The Morgan fingerprint density at radius 3 is 2.39 bits per heavy atom. The van der Waals surface area contributed by atoms with Gasteiger partial charge in [0.15, 0.2) is 0 Å². The summed E-state index contributed by atoms with van der Waals surface area (Å²) in [5.41, 5.74) is -0.582. The van der Waals surface area contributed by atoms with E-state index in [0.717, 1.165) is 17.7 Å². The number of ether oxygens (including phenoxy) is 1. The van der Waals surface area contributed by atoms with Crippen LogP contribution in [0.3, 0.4) is 0 Å². The number of para-hydroxylation sites is 1. The maximum absolute atomic E-state index is 12.7. The normalized spacial score (nSPS) is 15.5. The molecule has 10 heteroatoms. The Hall–Kier alpha value is -3.66. The Morgan fingerprint density at radius 1 is 1.06 bits per heavy atom. The van der Waals surface area contributed by atoms with Gasteiger partial charge in [-0.05, 0) is 37.0 Å². The molecule has 1 aliphatic heterocycles. The molecule has 0 saturated carbocycles. The van der Waals surface area contributed by atoms with Crippen LogP contribution in [0.15, 0.2) is 71.8 Å². The molecule has 2 aromatic carbocycles. The maximum Gasteiger partial charge on any atom is 0.573 e. The van der Waals surface area contributed by atoms with Gasteiger partial charge in [0.25, 0.3) is 5.56 Å². The summed E-state index contributed by atoms with van der Waals surface area (Å²) in [6.45, 7) is 0.699. The van der Waals surface area contributed by atoms with E-state index >= 15 is 0 Å². The van der Waals surface area contributed by atoms with E-state index in [4.69, 9.17) is 0 Å². The first-order valence-electron chi connectivity index (χ1n) is 11.6. The van der Waals surface area contributed by atoms with Crippen molar-refractivity contribution >= 4 is 5.91 Å². The Bertz CT molecular complexity index is 1250. The quantitative estimate of drug-likeness (QED) is 0.533. The van der Waals surface area contributed by atoms with E-state index in [1.165, 1.54) is 29.1 Å². The lowest BCUT2D eigenvalue weighted by Gasteiger charge is -2.38. The zero-order chi connectivity index (χ0) is 25.8. The molecule has 1 aliphatic rings. The van der Waals surface area contributed by atoms with Gasteiger partial charge in [0.2, 0.25) is 5.91 Å². The van der Waals surface area contributed by atoms with E-state index in [0.29, 0.717) is 38.8 Å². The minimum absolute atomic E-state index is 0.0174. The fourth-order valence-electron chi connectivity index (χ4n) is 4.29. The van der Waals surface area contributed by atoms with Gasteiger partial charge in [0.05, 0.1) is 24.2 Å². The lowest BCUT2D eigenvalue weighted by molar-refractivity contribution is -0.274. The van der Waals surface area contributed by atoms with Crippen LogP contribution in [-0.2, 0) is 17.8 Å². The number of rotatable bonds is 7. The molecule has 1 N–H and O–H groups in total. The number of aryl methyl sites for hydroxylation is 1. The molecule has 0 radical (unpaired) electrons. The zero-order valence-electron chi connectivity index (χ0n) is 19.4. The van der Waals surface area contributed by atoms with Crippen LogP contribution in [0.25, 0.3) is 11.3 Å². The second-order valence-corrected chi connectivity index (χ2v) is 8.87. The topological polar surface area (TPSA) is 84.7 Å². The Balaban J connectivity index is 1.38. The molecule has 1 saturated heterocycles. The third-order valence-corrected chi connectivity index (χ3v) is 6.25. The van der Waals surface area contributed by atoms with Crippen LogP contribution in [0.1, 0.15) is 24.8 Å². The third-order valence-electron chi connectivity index (χ3n) is 6.25. The van der Waals surface area contributed by atoms with E-state index < -0.39 is 23.3 Å².